The van der Waals surface area contributed by atoms with Gasteiger partial charge in [-0.3, -0.25) is 9.59 Å². The SMILES string of the molecule is C=CCSCC(=O)NC(C)CCC(=O)O. The van der Waals surface area contributed by atoms with Crippen LogP contribution >= 0.6 is 11.8 Å². The molecule has 0 saturated carbocycles. The van der Waals surface area contributed by atoms with Crippen LogP contribution in [0.3, 0.4) is 0 Å². The van der Waals surface area contributed by atoms with Gasteiger partial charge in [-0.2, -0.15) is 0 Å². The van der Waals surface area contributed by atoms with E-state index in [9.17, 15) is 9.59 Å². The number of carbonyl (C=O) groups is 2. The third-order valence-corrected chi connectivity index (χ3v) is 2.61. The fraction of sp³-hybridized carbons (Fsp3) is 0.600. The quantitative estimate of drug-likeness (QED) is 0.488. The molecule has 1 atom stereocenters. The zero-order valence-electron chi connectivity index (χ0n) is 8.86. The Bertz CT molecular complexity index is 231. The first-order valence-corrected chi connectivity index (χ1v) is 5.91. The van der Waals surface area contributed by atoms with Crippen molar-refractivity contribution in [3.63, 3.8) is 0 Å². The van der Waals surface area contributed by atoms with Gasteiger partial charge in [0.05, 0.1) is 5.75 Å². The van der Waals surface area contributed by atoms with E-state index in [-0.39, 0.29) is 18.4 Å². The average molecular weight is 231 g/mol. The van der Waals surface area contributed by atoms with E-state index < -0.39 is 5.97 Å². The van der Waals surface area contributed by atoms with Crippen LogP contribution in [0.2, 0.25) is 0 Å². The highest BCUT2D eigenvalue weighted by Gasteiger charge is 2.08. The van der Waals surface area contributed by atoms with Crippen LogP contribution in [0.4, 0.5) is 0 Å². The van der Waals surface area contributed by atoms with E-state index in [2.05, 4.69) is 11.9 Å². The van der Waals surface area contributed by atoms with Crippen molar-refractivity contribution in [2.24, 2.45) is 0 Å². The van der Waals surface area contributed by atoms with Crippen molar-refractivity contribution in [1.29, 1.82) is 0 Å². The van der Waals surface area contributed by atoms with Gasteiger partial charge in [-0.15, -0.1) is 18.3 Å². The van der Waals surface area contributed by atoms with Crippen molar-refractivity contribution in [2.75, 3.05) is 11.5 Å². The fourth-order valence-corrected chi connectivity index (χ4v) is 1.52. The van der Waals surface area contributed by atoms with Gasteiger partial charge in [0.2, 0.25) is 5.91 Å². The predicted octanol–water partition coefficient (Wildman–Crippen LogP) is 1.28. The second-order valence-corrected chi connectivity index (χ2v) is 4.24. The molecular weight excluding hydrogens is 214 g/mol. The molecule has 0 aliphatic carbocycles. The Labute approximate surface area is 94.1 Å². The molecule has 0 aliphatic rings. The molecule has 0 radical (unpaired) electrons. The number of thioether (sulfide) groups is 1. The van der Waals surface area contributed by atoms with Crippen molar-refractivity contribution in [1.82, 2.24) is 5.32 Å². The number of aliphatic carboxylic acids is 1. The molecule has 15 heavy (non-hydrogen) atoms. The summed E-state index contributed by atoms with van der Waals surface area (Å²) in [7, 11) is 0. The molecule has 86 valence electrons. The number of nitrogens with one attached hydrogen (secondary N) is 1. The molecule has 0 aliphatic heterocycles. The minimum absolute atomic E-state index is 0.0558. The molecule has 0 spiro atoms. The van der Waals surface area contributed by atoms with Gasteiger partial charge < -0.3 is 10.4 Å². The van der Waals surface area contributed by atoms with Gasteiger partial charge in [0.25, 0.3) is 0 Å². The lowest BCUT2D eigenvalue weighted by molar-refractivity contribution is -0.137. The van der Waals surface area contributed by atoms with E-state index in [1.807, 2.05) is 0 Å². The molecule has 0 heterocycles. The number of hydrogen-bond donors (Lipinski definition) is 2. The maximum absolute atomic E-state index is 11.3. The van der Waals surface area contributed by atoms with Crippen molar-refractivity contribution < 1.29 is 14.7 Å². The highest BCUT2D eigenvalue weighted by molar-refractivity contribution is 8.00. The molecule has 0 aromatic carbocycles. The van der Waals surface area contributed by atoms with Crippen molar-refractivity contribution in [3.8, 4) is 0 Å². The lowest BCUT2D eigenvalue weighted by atomic mass is 10.2. The number of carboxylic acid groups (broad SMARTS) is 1. The lowest BCUT2D eigenvalue weighted by Crippen LogP contribution is -2.34. The van der Waals surface area contributed by atoms with E-state index in [0.29, 0.717) is 12.2 Å². The molecule has 0 bridgehead atoms. The topological polar surface area (TPSA) is 66.4 Å². The second kappa shape index (κ2) is 8.35. The molecule has 1 unspecified atom stereocenters. The van der Waals surface area contributed by atoms with E-state index in [1.165, 1.54) is 11.8 Å². The summed E-state index contributed by atoms with van der Waals surface area (Å²) in [5, 5.41) is 11.2. The minimum Gasteiger partial charge on any atom is -0.481 e. The van der Waals surface area contributed by atoms with Gasteiger partial charge in [-0.05, 0) is 13.3 Å². The van der Waals surface area contributed by atoms with Gasteiger partial charge in [0.15, 0.2) is 0 Å². The van der Waals surface area contributed by atoms with Crippen LogP contribution in [0.25, 0.3) is 0 Å². The summed E-state index contributed by atoms with van der Waals surface area (Å²) >= 11 is 1.48. The minimum atomic E-state index is -0.836. The maximum atomic E-state index is 11.3. The first kappa shape index (κ1) is 14.0. The van der Waals surface area contributed by atoms with E-state index in [4.69, 9.17) is 5.11 Å². The molecule has 5 heteroatoms. The Morgan fingerprint density at radius 3 is 2.80 bits per heavy atom. The van der Waals surface area contributed by atoms with Crippen LogP contribution in [0.1, 0.15) is 19.8 Å². The molecule has 0 saturated heterocycles. The first-order chi connectivity index (χ1) is 7.06. The summed E-state index contributed by atoms with van der Waals surface area (Å²) < 4.78 is 0. The zero-order chi connectivity index (χ0) is 11.7. The fourth-order valence-electron chi connectivity index (χ4n) is 0.964. The molecule has 1 amide bonds. The number of rotatable bonds is 8. The highest BCUT2D eigenvalue weighted by Crippen LogP contribution is 2.01. The molecule has 4 nitrogen and oxygen atoms in total. The molecule has 0 aromatic heterocycles. The lowest BCUT2D eigenvalue weighted by Gasteiger charge is -2.12. The smallest absolute Gasteiger partial charge is 0.303 e. The Balaban J connectivity index is 3.57. The monoisotopic (exact) mass is 231 g/mol. The zero-order valence-corrected chi connectivity index (χ0v) is 9.68. The van der Waals surface area contributed by atoms with Gasteiger partial charge >= 0.3 is 5.97 Å². The third kappa shape index (κ3) is 9.34. The number of carbonyl (C=O) groups excluding carboxylic acids is 1. The molecule has 2 N–H and O–H groups in total. The van der Waals surface area contributed by atoms with Crippen LogP contribution in [-0.2, 0) is 9.59 Å². The largest absolute Gasteiger partial charge is 0.481 e. The Morgan fingerprint density at radius 2 is 2.27 bits per heavy atom. The van der Waals surface area contributed by atoms with Gasteiger partial charge in [-0.25, -0.2) is 0 Å². The maximum Gasteiger partial charge on any atom is 0.303 e. The third-order valence-electron chi connectivity index (χ3n) is 1.67. The Morgan fingerprint density at radius 1 is 1.60 bits per heavy atom. The number of carboxylic acids is 1. The van der Waals surface area contributed by atoms with Crippen LogP contribution in [-0.4, -0.2) is 34.5 Å². The molecule has 0 rings (SSSR count). The van der Waals surface area contributed by atoms with Crippen LogP contribution in [0.15, 0.2) is 12.7 Å². The number of amides is 1. The van der Waals surface area contributed by atoms with Crippen molar-refractivity contribution >= 4 is 23.6 Å². The van der Waals surface area contributed by atoms with Crippen LogP contribution in [0.5, 0.6) is 0 Å². The Hall–Kier alpha value is -0.970. The van der Waals surface area contributed by atoms with Crippen molar-refractivity contribution in [3.05, 3.63) is 12.7 Å². The van der Waals surface area contributed by atoms with Gasteiger partial charge in [0, 0.05) is 18.2 Å². The van der Waals surface area contributed by atoms with Crippen LogP contribution in [0, 0.1) is 0 Å². The Kier molecular flexibility index (Phi) is 7.81. The number of hydrogen-bond acceptors (Lipinski definition) is 3. The van der Waals surface area contributed by atoms with E-state index in [1.54, 1.807) is 13.0 Å². The first-order valence-electron chi connectivity index (χ1n) is 4.76. The molecule has 0 aromatic rings. The van der Waals surface area contributed by atoms with Crippen LogP contribution < -0.4 is 5.32 Å². The average Bonchev–Trinajstić information content (AvgIpc) is 2.15. The summed E-state index contributed by atoms with van der Waals surface area (Å²) in [6, 6.07) is -0.0852. The second-order valence-electron chi connectivity index (χ2n) is 3.20. The summed E-state index contributed by atoms with van der Waals surface area (Å²) in [6.45, 7) is 5.35. The van der Waals surface area contributed by atoms with E-state index >= 15 is 0 Å². The van der Waals surface area contributed by atoms with Gasteiger partial charge in [0.1, 0.15) is 0 Å². The standard InChI is InChI=1S/C10H17NO3S/c1-3-6-15-7-9(12)11-8(2)4-5-10(13)14/h3,8H,1,4-7H2,2H3,(H,11,12)(H,13,14). The molecular formula is C10H17NO3S. The van der Waals surface area contributed by atoms with E-state index in [0.717, 1.165) is 5.75 Å². The summed E-state index contributed by atoms with van der Waals surface area (Å²) in [6.07, 6.45) is 2.29. The normalized spacial score (nSPS) is 11.8. The molecule has 0 fully saturated rings. The summed E-state index contributed by atoms with van der Waals surface area (Å²) in [5.74, 6) is 0.247. The summed E-state index contributed by atoms with van der Waals surface area (Å²) in [5.41, 5.74) is 0. The van der Waals surface area contributed by atoms with Gasteiger partial charge in [-0.1, -0.05) is 6.08 Å². The summed E-state index contributed by atoms with van der Waals surface area (Å²) in [4.78, 5) is 21.5. The predicted molar refractivity (Wildman–Crippen MR) is 62.0 cm³/mol. The van der Waals surface area contributed by atoms with Crippen molar-refractivity contribution in [2.45, 2.75) is 25.8 Å². The highest BCUT2D eigenvalue weighted by atomic mass is 32.2.